The predicted octanol–water partition coefficient (Wildman–Crippen LogP) is 3.94. The zero-order valence-corrected chi connectivity index (χ0v) is 16.7. The molecule has 1 aliphatic heterocycles. The summed E-state index contributed by atoms with van der Waals surface area (Å²) in [5, 5.41) is 4.69. The van der Waals surface area contributed by atoms with E-state index in [0.717, 1.165) is 21.8 Å². The Morgan fingerprint density at radius 1 is 1.25 bits per heavy atom. The maximum atomic E-state index is 14.2. The summed E-state index contributed by atoms with van der Waals surface area (Å²) in [6, 6.07) is 7.23. The van der Waals surface area contributed by atoms with Crippen LogP contribution < -0.4 is 0 Å². The van der Waals surface area contributed by atoms with Crippen LogP contribution in [0.5, 0.6) is 0 Å². The summed E-state index contributed by atoms with van der Waals surface area (Å²) >= 11 is 3.44. The summed E-state index contributed by atoms with van der Waals surface area (Å²) in [5.41, 5.74) is 3.56. The number of halogens is 3. The molecule has 1 aromatic carbocycles. The highest BCUT2D eigenvalue weighted by Crippen LogP contribution is 2.31. The Kier molecular flexibility index (Phi) is 4.97. The van der Waals surface area contributed by atoms with Crippen molar-refractivity contribution in [3.05, 3.63) is 69.5 Å². The molecule has 4 rings (SSSR count). The number of nitrogens with zero attached hydrogens (tertiary/aromatic N) is 4. The van der Waals surface area contributed by atoms with Crippen LogP contribution >= 0.6 is 15.9 Å². The van der Waals surface area contributed by atoms with Gasteiger partial charge in [-0.1, -0.05) is 22.0 Å². The molecule has 3 aromatic rings. The molecule has 1 aliphatic rings. The minimum atomic E-state index is -0.611. The van der Waals surface area contributed by atoms with Gasteiger partial charge in [-0.05, 0) is 18.2 Å². The lowest BCUT2D eigenvalue weighted by atomic mass is 10.0. The van der Waals surface area contributed by atoms with Crippen molar-refractivity contribution in [2.75, 3.05) is 6.54 Å². The third-order valence-corrected chi connectivity index (χ3v) is 5.37. The van der Waals surface area contributed by atoms with E-state index in [1.165, 1.54) is 12.1 Å². The van der Waals surface area contributed by atoms with Crippen molar-refractivity contribution in [2.24, 2.45) is 0 Å². The zero-order chi connectivity index (χ0) is 19.8. The van der Waals surface area contributed by atoms with Crippen LogP contribution in [0.1, 0.15) is 23.7 Å². The average molecular weight is 447 g/mol. The number of benzene rings is 1. The van der Waals surface area contributed by atoms with Crippen LogP contribution in [-0.4, -0.2) is 32.1 Å². The molecule has 144 valence electrons. The molecule has 0 radical (unpaired) electrons. The van der Waals surface area contributed by atoms with Gasteiger partial charge in [-0.2, -0.15) is 5.10 Å². The van der Waals surface area contributed by atoms with E-state index in [2.05, 4.69) is 20.9 Å². The second-order valence-corrected chi connectivity index (χ2v) is 7.63. The summed E-state index contributed by atoms with van der Waals surface area (Å²) in [6.07, 6.45) is 2.29. The molecule has 0 aliphatic carbocycles. The highest BCUT2D eigenvalue weighted by molar-refractivity contribution is 9.10. The van der Waals surface area contributed by atoms with E-state index in [9.17, 15) is 13.6 Å². The summed E-state index contributed by atoms with van der Waals surface area (Å²) in [5.74, 6) is -1.22. The first kappa shape index (κ1) is 18.7. The van der Waals surface area contributed by atoms with Crippen molar-refractivity contribution in [1.29, 1.82) is 0 Å². The maximum Gasteiger partial charge on any atom is 0.219 e. The van der Waals surface area contributed by atoms with Gasteiger partial charge >= 0.3 is 0 Å². The molecule has 0 atom stereocenters. The highest BCUT2D eigenvalue weighted by Gasteiger charge is 2.27. The Morgan fingerprint density at radius 3 is 2.79 bits per heavy atom. The van der Waals surface area contributed by atoms with E-state index in [0.29, 0.717) is 36.5 Å². The minimum Gasteiger partial charge on any atom is -0.338 e. The predicted molar refractivity (Wildman–Crippen MR) is 103 cm³/mol. The van der Waals surface area contributed by atoms with E-state index in [1.54, 1.807) is 22.7 Å². The van der Waals surface area contributed by atoms with Crippen LogP contribution in [0, 0.1) is 11.6 Å². The Morgan fingerprint density at radius 2 is 2.07 bits per heavy atom. The molecule has 0 unspecified atom stereocenters. The zero-order valence-electron chi connectivity index (χ0n) is 15.1. The summed E-state index contributed by atoms with van der Waals surface area (Å²) in [4.78, 5) is 18.0. The fourth-order valence-electron chi connectivity index (χ4n) is 3.44. The standard InChI is InChI=1S/C20H17BrF2N4O/c1-12(28)26-7-5-19-16(11-26)20(18-8-14(21)4-6-24-18)25-27(19)10-13-2-3-15(22)9-17(13)23/h2-4,6,8-9H,5,7,10-11H2,1H3. The van der Waals surface area contributed by atoms with Crippen molar-refractivity contribution in [3.63, 3.8) is 0 Å². The van der Waals surface area contributed by atoms with Gasteiger partial charge in [0.2, 0.25) is 5.91 Å². The SMILES string of the molecule is CC(=O)N1CCc2c(c(-c3cc(Br)ccn3)nn2Cc2ccc(F)cc2F)C1. The van der Waals surface area contributed by atoms with Gasteiger partial charge in [-0.15, -0.1) is 0 Å². The van der Waals surface area contributed by atoms with Gasteiger partial charge in [0.25, 0.3) is 0 Å². The molecule has 3 heterocycles. The molecule has 2 aromatic heterocycles. The molecule has 0 saturated carbocycles. The molecule has 28 heavy (non-hydrogen) atoms. The number of amides is 1. The Labute approximate surface area is 169 Å². The average Bonchev–Trinajstić information content (AvgIpc) is 3.02. The summed E-state index contributed by atoms with van der Waals surface area (Å²) < 4.78 is 30.0. The van der Waals surface area contributed by atoms with Gasteiger partial charge in [-0.25, -0.2) is 8.78 Å². The second kappa shape index (κ2) is 7.43. The second-order valence-electron chi connectivity index (χ2n) is 6.72. The van der Waals surface area contributed by atoms with Crippen LogP contribution in [0.4, 0.5) is 8.78 Å². The summed E-state index contributed by atoms with van der Waals surface area (Å²) in [6.45, 7) is 2.73. The molecule has 5 nitrogen and oxygen atoms in total. The van der Waals surface area contributed by atoms with Gasteiger partial charge in [-0.3, -0.25) is 14.5 Å². The molecule has 0 N–H and O–H groups in total. The lowest BCUT2D eigenvalue weighted by Gasteiger charge is -2.26. The van der Waals surface area contributed by atoms with Crippen LogP contribution in [-0.2, 0) is 24.3 Å². The van der Waals surface area contributed by atoms with Gasteiger partial charge in [0.15, 0.2) is 0 Å². The number of hydrogen-bond acceptors (Lipinski definition) is 3. The minimum absolute atomic E-state index is 0.00358. The number of aromatic nitrogens is 3. The quantitative estimate of drug-likeness (QED) is 0.612. The lowest BCUT2D eigenvalue weighted by Crippen LogP contribution is -2.34. The van der Waals surface area contributed by atoms with Crippen molar-refractivity contribution in [3.8, 4) is 11.4 Å². The number of fused-ring (bicyclic) bond motifs is 1. The van der Waals surface area contributed by atoms with Crippen LogP contribution in [0.25, 0.3) is 11.4 Å². The molecular formula is C20H17BrF2N4O. The first-order valence-corrected chi connectivity index (χ1v) is 9.61. The fraction of sp³-hybridized carbons (Fsp3) is 0.250. The molecule has 8 heteroatoms. The lowest BCUT2D eigenvalue weighted by molar-refractivity contribution is -0.129. The van der Waals surface area contributed by atoms with E-state index < -0.39 is 11.6 Å². The molecule has 0 fully saturated rings. The number of hydrogen-bond donors (Lipinski definition) is 0. The first-order chi connectivity index (χ1) is 13.4. The Balaban J connectivity index is 1.79. The highest BCUT2D eigenvalue weighted by atomic mass is 79.9. The third-order valence-electron chi connectivity index (χ3n) is 4.88. The van der Waals surface area contributed by atoms with Gasteiger partial charge < -0.3 is 4.90 Å². The third kappa shape index (κ3) is 3.56. The van der Waals surface area contributed by atoms with Gasteiger partial charge in [0.05, 0.1) is 12.2 Å². The van der Waals surface area contributed by atoms with Crippen molar-refractivity contribution < 1.29 is 13.6 Å². The van der Waals surface area contributed by atoms with E-state index in [4.69, 9.17) is 5.10 Å². The molecule has 0 spiro atoms. The largest absolute Gasteiger partial charge is 0.338 e. The van der Waals surface area contributed by atoms with Crippen LogP contribution in [0.2, 0.25) is 0 Å². The topological polar surface area (TPSA) is 51.0 Å². The number of carbonyl (C=O) groups excluding carboxylic acids is 1. The Bertz CT molecular complexity index is 1070. The summed E-state index contributed by atoms with van der Waals surface area (Å²) in [7, 11) is 0. The smallest absolute Gasteiger partial charge is 0.219 e. The van der Waals surface area contributed by atoms with E-state index >= 15 is 0 Å². The van der Waals surface area contributed by atoms with Crippen LogP contribution in [0.3, 0.4) is 0 Å². The maximum absolute atomic E-state index is 14.2. The van der Waals surface area contributed by atoms with Gasteiger partial charge in [0, 0.05) is 60.0 Å². The normalized spacial score (nSPS) is 13.5. The van der Waals surface area contributed by atoms with Crippen molar-refractivity contribution in [2.45, 2.75) is 26.4 Å². The fourth-order valence-corrected chi connectivity index (χ4v) is 3.78. The van der Waals surface area contributed by atoms with Crippen LogP contribution in [0.15, 0.2) is 41.0 Å². The number of carbonyl (C=O) groups is 1. The molecule has 0 saturated heterocycles. The number of pyridine rings is 1. The van der Waals surface area contributed by atoms with Crippen molar-refractivity contribution >= 4 is 21.8 Å². The molecule has 1 amide bonds. The van der Waals surface area contributed by atoms with E-state index in [-0.39, 0.29) is 12.5 Å². The van der Waals surface area contributed by atoms with Gasteiger partial charge in [0.1, 0.15) is 17.3 Å². The van der Waals surface area contributed by atoms with Crippen molar-refractivity contribution in [1.82, 2.24) is 19.7 Å². The monoisotopic (exact) mass is 446 g/mol. The molecular weight excluding hydrogens is 430 g/mol. The first-order valence-electron chi connectivity index (χ1n) is 8.82. The molecule has 0 bridgehead atoms. The Hall–Kier alpha value is -2.61. The van der Waals surface area contributed by atoms with E-state index in [1.807, 2.05) is 12.1 Å². The number of rotatable bonds is 3.